The second kappa shape index (κ2) is 6.38. The number of benzene rings is 1. The fraction of sp³-hybridized carbons (Fsp3) is 0.333. The molecular weight excluding hydrogens is 288 g/mol. The summed E-state index contributed by atoms with van der Waals surface area (Å²) in [7, 11) is 1.74. The molecule has 0 saturated carbocycles. The number of methoxy groups -OCH3 is 1. The van der Waals surface area contributed by atoms with Crippen molar-refractivity contribution in [1.29, 1.82) is 0 Å². The van der Waals surface area contributed by atoms with E-state index >= 15 is 0 Å². The summed E-state index contributed by atoms with van der Waals surface area (Å²) in [6, 6.07) is 10.4. The Bertz CT molecular complexity index is 742. The molecule has 0 aliphatic heterocycles. The van der Waals surface area contributed by atoms with Gasteiger partial charge in [0.25, 0.3) is 0 Å². The quantitative estimate of drug-likeness (QED) is 0.702. The van der Waals surface area contributed by atoms with Gasteiger partial charge in [-0.2, -0.15) is 5.10 Å². The lowest BCUT2D eigenvalue weighted by Gasteiger charge is -2.24. The minimum atomic E-state index is -0.227. The third kappa shape index (κ3) is 3.68. The monoisotopic (exact) mass is 310 g/mol. The Balaban J connectivity index is 1.79. The van der Waals surface area contributed by atoms with E-state index in [1.54, 1.807) is 13.3 Å². The first-order chi connectivity index (χ1) is 11.1. The van der Waals surface area contributed by atoms with Crippen LogP contribution in [0.15, 0.2) is 55.1 Å². The van der Waals surface area contributed by atoms with E-state index in [1.807, 2.05) is 29.3 Å². The fourth-order valence-corrected chi connectivity index (χ4v) is 2.51. The molecule has 0 saturated heterocycles. The molecular formula is C18H22N4O. The molecule has 5 heteroatoms. The van der Waals surface area contributed by atoms with Crippen LogP contribution in [0.25, 0.3) is 11.4 Å². The van der Waals surface area contributed by atoms with Crippen LogP contribution in [-0.4, -0.2) is 32.0 Å². The fourth-order valence-electron chi connectivity index (χ4n) is 2.51. The molecule has 0 aliphatic rings. The zero-order chi connectivity index (χ0) is 16.3. The van der Waals surface area contributed by atoms with E-state index in [0.717, 1.165) is 24.5 Å². The second-order valence-electron chi connectivity index (χ2n) is 6.24. The number of imidazole rings is 1. The summed E-state index contributed by atoms with van der Waals surface area (Å²) < 4.78 is 9.57. The molecule has 2 aromatic heterocycles. The first kappa shape index (κ1) is 15.5. The maximum atomic E-state index is 5.52. The lowest BCUT2D eigenvalue weighted by atomic mass is 10.1. The van der Waals surface area contributed by atoms with E-state index in [9.17, 15) is 0 Å². The summed E-state index contributed by atoms with van der Waals surface area (Å²) in [5.74, 6) is 0.959. The third-order valence-electron chi connectivity index (χ3n) is 3.94. The van der Waals surface area contributed by atoms with Crippen molar-refractivity contribution in [3.05, 3.63) is 60.7 Å². The highest BCUT2D eigenvalue weighted by molar-refractivity contribution is 5.56. The first-order valence-electron chi connectivity index (χ1n) is 7.70. The van der Waals surface area contributed by atoms with E-state index in [-0.39, 0.29) is 5.60 Å². The van der Waals surface area contributed by atoms with Crippen LogP contribution in [0, 0.1) is 0 Å². The molecule has 23 heavy (non-hydrogen) atoms. The van der Waals surface area contributed by atoms with Crippen LogP contribution in [-0.2, 0) is 17.8 Å². The van der Waals surface area contributed by atoms with E-state index in [4.69, 9.17) is 4.74 Å². The molecule has 0 aliphatic carbocycles. The van der Waals surface area contributed by atoms with Crippen LogP contribution < -0.4 is 0 Å². The number of hydrogen-bond acceptors (Lipinski definition) is 3. The molecule has 0 N–H and O–H groups in total. The van der Waals surface area contributed by atoms with Crippen molar-refractivity contribution in [1.82, 2.24) is 19.3 Å². The number of ether oxygens (including phenoxy) is 1. The minimum absolute atomic E-state index is 0.227. The van der Waals surface area contributed by atoms with Gasteiger partial charge < -0.3 is 9.30 Å². The number of aromatic nitrogens is 4. The second-order valence-corrected chi connectivity index (χ2v) is 6.24. The molecule has 0 fully saturated rings. The Hall–Kier alpha value is -2.40. The van der Waals surface area contributed by atoms with E-state index < -0.39 is 0 Å². The van der Waals surface area contributed by atoms with Gasteiger partial charge in [0.2, 0.25) is 0 Å². The number of nitrogens with zero attached hydrogens (tertiary/aromatic N) is 4. The van der Waals surface area contributed by atoms with Crippen molar-refractivity contribution >= 4 is 0 Å². The molecule has 1 aromatic carbocycles. The maximum Gasteiger partial charge on any atom is 0.139 e. The van der Waals surface area contributed by atoms with Crippen LogP contribution in [0.2, 0.25) is 0 Å². The highest BCUT2D eigenvalue weighted by atomic mass is 16.5. The highest BCUT2D eigenvalue weighted by Gasteiger charge is 2.19. The maximum absolute atomic E-state index is 5.52. The molecule has 3 aromatic rings. The Morgan fingerprint density at radius 1 is 1.09 bits per heavy atom. The molecule has 0 amide bonds. The Morgan fingerprint density at radius 3 is 2.52 bits per heavy atom. The van der Waals surface area contributed by atoms with Gasteiger partial charge in [-0.15, -0.1) is 0 Å². The van der Waals surface area contributed by atoms with Gasteiger partial charge in [0.1, 0.15) is 5.82 Å². The SMILES string of the molecule is COC(C)(C)Cn1ccnc1-c1ccc(Cn2cccn2)cc1. The molecule has 2 heterocycles. The van der Waals surface area contributed by atoms with Gasteiger partial charge >= 0.3 is 0 Å². The Labute approximate surface area is 136 Å². The van der Waals surface area contributed by atoms with Crippen LogP contribution in [0.3, 0.4) is 0 Å². The minimum Gasteiger partial charge on any atom is -0.377 e. The predicted octanol–water partition coefficient (Wildman–Crippen LogP) is 3.22. The molecule has 0 spiro atoms. The van der Waals surface area contributed by atoms with Crippen molar-refractivity contribution in [2.45, 2.75) is 32.5 Å². The van der Waals surface area contributed by atoms with E-state index in [0.29, 0.717) is 0 Å². The van der Waals surface area contributed by atoms with Crippen molar-refractivity contribution in [2.75, 3.05) is 7.11 Å². The van der Waals surface area contributed by atoms with Crippen LogP contribution in [0.4, 0.5) is 0 Å². The van der Waals surface area contributed by atoms with Crippen molar-refractivity contribution in [2.24, 2.45) is 0 Å². The molecule has 120 valence electrons. The Morgan fingerprint density at radius 2 is 1.87 bits per heavy atom. The topological polar surface area (TPSA) is 44.9 Å². The average molecular weight is 310 g/mol. The van der Waals surface area contributed by atoms with Crippen molar-refractivity contribution < 1.29 is 4.74 Å². The average Bonchev–Trinajstić information content (AvgIpc) is 3.20. The molecule has 0 atom stereocenters. The highest BCUT2D eigenvalue weighted by Crippen LogP contribution is 2.21. The summed E-state index contributed by atoms with van der Waals surface area (Å²) >= 11 is 0. The largest absolute Gasteiger partial charge is 0.377 e. The van der Waals surface area contributed by atoms with Gasteiger partial charge in [-0.25, -0.2) is 4.98 Å². The summed E-state index contributed by atoms with van der Waals surface area (Å²) in [5, 5.41) is 4.23. The van der Waals surface area contributed by atoms with Crippen LogP contribution >= 0.6 is 0 Å². The first-order valence-corrected chi connectivity index (χ1v) is 7.70. The zero-order valence-corrected chi connectivity index (χ0v) is 13.8. The van der Waals surface area contributed by atoms with E-state index in [2.05, 4.69) is 52.8 Å². The normalized spacial score (nSPS) is 11.8. The van der Waals surface area contributed by atoms with Crippen LogP contribution in [0.1, 0.15) is 19.4 Å². The van der Waals surface area contributed by atoms with Crippen molar-refractivity contribution in [3.63, 3.8) is 0 Å². The van der Waals surface area contributed by atoms with E-state index in [1.165, 1.54) is 5.56 Å². The lowest BCUT2D eigenvalue weighted by molar-refractivity contribution is 0.00850. The third-order valence-corrected chi connectivity index (χ3v) is 3.94. The smallest absolute Gasteiger partial charge is 0.139 e. The molecule has 0 radical (unpaired) electrons. The summed E-state index contributed by atoms with van der Waals surface area (Å²) in [5.41, 5.74) is 2.09. The molecule has 0 unspecified atom stereocenters. The number of hydrogen-bond donors (Lipinski definition) is 0. The zero-order valence-electron chi connectivity index (χ0n) is 13.8. The van der Waals surface area contributed by atoms with Gasteiger partial charge in [0.15, 0.2) is 0 Å². The van der Waals surface area contributed by atoms with Gasteiger partial charge in [-0.1, -0.05) is 24.3 Å². The summed E-state index contributed by atoms with van der Waals surface area (Å²) in [6.45, 7) is 5.68. The molecule has 0 bridgehead atoms. The van der Waals surface area contributed by atoms with Gasteiger partial charge in [0, 0.05) is 37.5 Å². The Kier molecular flexibility index (Phi) is 4.30. The van der Waals surface area contributed by atoms with Gasteiger partial charge in [-0.05, 0) is 25.5 Å². The van der Waals surface area contributed by atoms with Crippen molar-refractivity contribution in [3.8, 4) is 11.4 Å². The summed E-state index contributed by atoms with van der Waals surface area (Å²) in [6.07, 6.45) is 7.59. The standard InChI is InChI=1S/C18H22N4O/c1-18(2,23-3)14-21-12-10-19-17(21)16-7-5-15(6-8-16)13-22-11-4-9-20-22/h4-12H,13-14H2,1-3H3. The summed E-state index contributed by atoms with van der Waals surface area (Å²) in [4.78, 5) is 4.50. The molecule has 5 nitrogen and oxygen atoms in total. The molecule has 3 rings (SSSR count). The number of rotatable bonds is 6. The van der Waals surface area contributed by atoms with Gasteiger partial charge in [-0.3, -0.25) is 4.68 Å². The van der Waals surface area contributed by atoms with Crippen LogP contribution in [0.5, 0.6) is 0 Å². The van der Waals surface area contributed by atoms with Gasteiger partial charge in [0.05, 0.1) is 18.7 Å². The predicted molar refractivity (Wildman–Crippen MR) is 90.1 cm³/mol. The lowest BCUT2D eigenvalue weighted by Crippen LogP contribution is -2.29.